The van der Waals surface area contributed by atoms with Gasteiger partial charge in [0.05, 0.1) is 22.9 Å². The second kappa shape index (κ2) is 6.83. The molecule has 3 rings (SSSR count). The third-order valence-corrected chi connectivity index (χ3v) is 3.53. The van der Waals surface area contributed by atoms with Gasteiger partial charge in [0.1, 0.15) is 0 Å². The Morgan fingerprint density at radius 3 is 2.65 bits per heavy atom. The van der Waals surface area contributed by atoms with Crippen LogP contribution in [0, 0.1) is 0 Å². The maximum atomic E-state index is 12.1. The predicted molar refractivity (Wildman–Crippen MR) is 93.0 cm³/mol. The van der Waals surface area contributed by atoms with Gasteiger partial charge in [-0.3, -0.25) is 9.78 Å². The van der Waals surface area contributed by atoms with Crippen LogP contribution >= 0.6 is 0 Å². The molecule has 0 spiro atoms. The highest BCUT2D eigenvalue weighted by Crippen LogP contribution is 2.15. The molecule has 0 saturated carbocycles. The molecule has 1 aromatic heterocycles. The predicted octanol–water partition coefficient (Wildman–Crippen LogP) is 3.84. The Morgan fingerprint density at radius 1 is 1.09 bits per heavy atom. The molecular weight excluding hydrogens is 286 g/mol. The molecule has 114 valence electrons. The number of carbonyl (C=O) groups is 1. The number of hydrogen-bond acceptors (Lipinski definition) is 3. The van der Waals surface area contributed by atoms with Crippen LogP contribution in [0.2, 0.25) is 0 Å². The zero-order valence-electron chi connectivity index (χ0n) is 12.9. The number of nitrogens with one attached hydrogen (secondary N) is 1. The molecule has 1 heterocycles. The van der Waals surface area contributed by atoms with Gasteiger partial charge in [0, 0.05) is 11.8 Å². The van der Waals surface area contributed by atoms with Crippen LogP contribution in [0.15, 0.2) is 60.8 Å². The molecule has 0 radical (unpaired) electrons. The number of hydrogen-bond donors (Lipinski definition) is 1. The molecule has 0 aliphatic rings. The summed E-state index contributed by atoms with van der Waals surface area (Å²) in [6.07, 6.45) is 5.68. The topological polar surface area (TPSA) is 54.9 Å². The molecule has 4 nitrogen and oxygen atoms in total. The first kappa shape index (κ1) is 14.9. The first-order chi connectivity index (χ1) is 11.3. The summed E-state index contributed by atoms with van der Waals surface area (Å²) in [6, 6.07) is 15.4. The maximum Gasteiger partial charge on any atom is 0.248 e. The van der Waals surface area contributed by atoms with Gasteiger partial charge in [-0.1, -0.05) is 37.3 Å². The molecule has 0 bridgehead atoms. The van der Waals surface area contributed by atoms with Gasteiger partial charge in [-0.25, -0.2) is 4.98 Å². The molecule has 2 aromatic carbocycles. The Balaban J connectivity index is 1.74. The van der Waals surface area contributed by atoms with E-state index >= 15 is 0 Å². The standard InChI is InChI=1S/C19H17N3O/c1-2-14-7-3-4-8-16(14)22-19(23)12-11-15-13-20-17-9-5-6-10-18(17)21-15/h3-13H,2H2,1H3,(H,22,23)/b12-11+. The van der Waals surface area contributed by atoms with Gasteiger partial charge in [0.15, 0.2) is 0 Å². The number of rotatable bonds is 4. The molecule has 0 aliphatic heterocycles. The van der Waals surface area contributed by atoms with E-state index in [1.165, 1.54) is 6.08 Å². The van der Waals surface area contributed by atoms with Crippen molar-refractivity contribution in [3.05, 3.63) is 72.1 Å². The number of aromatic nitrogens is 2. The lowest BCUT2D eigenvalue weighted by atomic mass is 10.1. The van der Waals surface area contributed by atoms with Gasteiger partial charge in [-0.15, -0.1) is 0 Å². The van der Waals surface area contributed by atoms with E-state index in [0.717, 1.165) is 28.7 Å². The van der Waals surface area contributed by atoms with E-state index in [1.807, 2.05) is 48.5 Å². The van der Waals surface area contributed by atoms with Crippen molar-refractivity contribution < 1.29 is 4.79 Å². The molecule has 1 amide bonds. The summed E-state index contributed by atoms with van der Waals surface area (Å²) in [7, 11) is 0. The number of benzene rings is 2. The molecule has 3 aromatic rings. The molecule has 4 heteroatoms. The van der Waals surface area contributed by atoms with Gasteiger partial charge >= 0.3 is 0 Å². The molecule has 1 N–H and O–H groups in total. The molecule has 0 fully saturated rings. The normalized spacial score (nSPS) is 11.0. The number of fused-ring (bicyclic) bond motifs is 1. The van der Waals surface area contributed by atoms with E-state index in [9.17, 15) is 4.79 Å². The minimum absolute atomic E-state index is 0.180. The Kier molecular flexibility index (Phi) is 4.43. The summed E-state index contributed by atoms with van der Waals surface area (Å²) in [5.74, 6) is -0.180. The fraction of sp³-hybridized carbons (Fsp3) is 0.105. The van der Waals surface area contributed by atoms with Crippen LogP contribution in [0.1, 0.15) is 18.2 Å². The highest BCUT2D eigenvalue weighted by molar-refractivity contribution is 6.02. The largest absolute Gasteiger partial charge is 0.322 e. The van der Waals surface area contributed by atoms with E-state index in [1.54, 1.807) is 12.3 Å². The molecule has 0 atom stereocenters. The van der Waals surface area contributed by atoms with Crippen molar-refractivity contribution in [3.8, 4) is 0 Å². The monoisotopic (exact) mass is 303 g/mol. The quantitative estimate of drug-likeness (QED) is 0.745. The van der Waals surface area contributed by atoms with E-state index in [0.29, 0.717) is 5.69 Å². The fourth-order valence-electron chi connectivity index (χ4n) is 2.34. The Bertz CT molecular complexity index is 871. The molecule has 0 aliphatic carbocycles. The highest BCUT2D eigenvalue weighted by Gasteiger charge is 2.03. The number of anilines is 1. The van der Waals surface area contributed by atoms with Crippen LogP contribution in [-0.2, 0) is 11.2 Å². The Labute approximate surface area is 134 Å². The van der Waals surface area contributed by atoms with Crippen molar-refractivity contribution in [2.75, 3.05) is 5.32 Å². The molecular formula is C19H17N3O. The summed E-state index contributed by atoms with van der Waals surface area (Å²) in [4.78, 5) is 20.9. The average Bonchev–Trinajstić information content (AvgIpc) is 2.60. The van der Waals surface area contributed by atoms with Crippen molar-refractivity contribution in [1.29, 1.82) is 0 Å². The summed E-state index contributed by atoms with van der Waals surface area (Å²) in [5.41, 5.74) is 4.26. The Hall–Kier alpha value is -3.01. The van der Waals surface area contributed by atoms with Crippen molar-refractivity contribution in [2.45, 2.75) is 13.3 Å². The third kappa shape index (κ3) is 3.61. The smallest absolute Gasteiger partial charge is 0.248 e. The fourth-order valence-corrected chi connectivity index (χ4v) is 2.34. The lowest BCUT2D eigenvalue weighted by molar-refractivity contribution is -0.111. The summed E-state index contributed by atoms with van der Waals surface area (Å²) in [5, 5.41) is 2.89. The van der Waals surface area contributed by atoms with E-state index < -0.39 is 0 Å². The lowest BCUT2D eigenvalue weighted by Crippen LogP contribution is -2.09. The van der Waals surface area contributed by atoms with Gasteiger partial charge < -0.3 is 5.32 Å². The van der Waals surface area contributed by atoms with Crippen LogP contribution in [0.3, 0.4) is 0 Å². The van der Waals surface area contributed by atoms with Crippen LogP contribution < -0.4 is 5.32 Å². The summed E-state index contributed by atoms with van der Waals surface area (Å²) in [6.45, 7) is 2.06. The van der Waals surface area contributed by atoms with Crippen molar-refractivity contribution in [3.63, 3.8) is 0 Å². The van der Waals surface area contributed by atoms with E-state index in [-0.39, 0.29) is 5.91 Å². The highest BCUT2D eigenvalue weighted by atomic mass is 16.1. The zero-order chi connectivity index (χ0) is 16.1. The molecule has 0 unspecified atom stereocenters. The Morgan fingerprint density at radius 2 is 1.83 bits per heavy atom. The van der Waals surface area contributed by atoms with Crippen molar-refractivity contribution in [2.24, 2.45) is 0 Å². The summed E-state index contributed by atoms with van der Waals surface area (Å²) >= 11 is 0. The zero-order valence-corrected chi connectivity index (χ0v) is 12.9. The van der Waals surface area contributed by atoms with Crippen LogP contribution in [0.25, 0.3) is 17.1 Å². The minimum atomic E-state index is -0.180. The first-order valence-corrected chi connectivity index (χ1v) is 7.55. The number of para-hydroxylation sites is 3. The van der Waals surface area contributed by atoms with Crippen LogP contribution in [0.4, 0.5) is 5.69 Å². The summed E-state index contributed by atoms with van der Waals surface area (Å²) < 4.78 is 0. The average molecular weight is 303 g/mol. The molecule has 0 saturated heterocycles. The van der Waals surface area contributed by atoms with Crippen LogP contribution in [0.5, 0.6) is 0 Å². The van der Waals surface area contributed by atoms with Gasteiger partial charge in [-0.05, 0) is 36.3 Å². The van der Waals surface area contributed by atoms with Gasteiger partial charge in [-0.2, -0.15) is 0 Å². The van der Waals surface area contributed by atoms with Gasteiger partial charge in [0.2, 0.25) is 5.91 Å². The first-order valence-electron chi connectivity index (χ1n) is 7.55. The third-order valence-electron chi connectivity index (χ3n) is 3.53. The lowest BCUT2D eigenvalue weighted by Gasteiger charge is -2.07. The second-order valence-electron chi connectivity index (χ2n) is 5.12. The minimum Gasteiger partial charge on any atom is -0.322 e. The van der Waals surface area contributed by atoms with E-state index in [2.05, 4.69) is 22.2 Å². The maximum absolute atomic E-state index is 12.1. The van der Waals surface area contributed by atoms with Crippen LogP contribution in [-0.4, -0.2) is 15.9 Å². The van der Waals surface area contributed by atoms with Crippen molar-refractivity contribution >= 4 is 28.7 Å². The van der Waals surface area contributed by atoms with E-state index in [4.69, 9.17) is 0 Å². The number of carbonyl (C=O) groups excluding carboxylic acids is 1. The molecule has 23 heavy (non-hydrogen) atoms. The number of nitrogens with zero attached hydrogens (tertiary/aromatic N) is 2. The SMILES string of the molecule is CCc1ccccc1NC(=O)/C=C/c1cnc2ccccc2n1. The number of amides is 1. The number of aryl methyl sites for hydroxylation is 1. The second-order valence-corrected chi connectivity index (χ2v) is 5.12. The van der Waals surface area contributed by atoms with Gasteiger partial charge in [0.25, 0.3) is 0 Å². The van der Waals surface area contributed by atoms with Crippen molar-refractivity contribution in [1.82, 2.24) is 9.97 Å².